The van der Waals surface area contributed by atoms with Crippen molar-refractivity contribution >= 4 is 17.7 Å². The molecule has 2 nitrogen and oxygen atoms in total. The molecule has 0 amide bonds. The van der Waals surface area contributed by atoms with Crippen molar-refractivity contribution in [3.8, 4) is 0 Å². The van der Waals surface area contributed by atoms with Gasteiger partial charge in [0.15, 0.2) is 0 Å². The van der Waals surface area contributed by atoms with Crippen molar-refractivity contribution in [1.82, 2.24) is 0 Å². The van der Waals surface area contributed by atoms with Gasteiger partial charge in [-0.2, -0.15) is 24.9 Å². The van der Waals surface area contributed by atoms with E-state index >= 15 is 0 Å². The zero-order valence-corrected chi connectivity index (χ0v) is 9.80. The Labute approximate surface area is 91.6 Å². The summed E-state index contributed by atoms with van der Waals surface area (Å²) < 4.78 is 40.3. The van der Waals surface area contributed by atoms with Gasteiger partial charge in [0.05, 0.1) is 6.42 Å². The fourth-order valence-electron chi connectivity index (χ4n) is 0.924. The summed E-state index contributed by atoms with van der Waals surface area (Å²) >= 11 is 1.13. The lowest BCUT2D eigenvalue weighted by Crippen LogP contribution is -2.30. The second-order valence-corrected chi connectivity index (χ2v) is 4.88. The highest BCUT2D eigenvalue weighted by atomic mass is 32.2. The predicted octanol–water partition coefficient (Wildman–Crippen LogP) is 3.01. The van der Waals surface area contributed by atoms with Crippen LogP contribution in [-0.2, 0) is 9.53 Å². The number of halogens is 3. The summed E-state index contributed by atoms with van der Waals surface area (Å²) in [4.78, 5) is 10.6. The van der Waals surface area contributed by atoms with Crippen molar-refractivity contribution in [2.75, 3.05) is 11.5 Å². The number of carbonyl (C=O) groups excluding carboxylic acids is 1. The molecule has 0 fully saturated rings. The second kappa shape index (κ2) is 5.63. The van der Waals surface area contributed by atoms with E-state index in [2.05, 4.69) is 0 Å². The van der Waals surface area contributed by atoms with Gasteiger partial charge in [0.1, 0.15) is 5.60 Å². The van der Waals surface area contributed by atoms with E-state index in [9.17, 15) is 18.0 Å². The van der Waals surface area contributed by atoms with Crippen LogP contribution in [0, 0.1) is 0 Å². The summed E-state index contributed by atoms with van der Waals surface area (Å²) in [6.45, 7) is 4.63. The molecule has 0 unspecified atom stereocenters. The number of esters is 1. The SMILES string of the molecule is CC(=O)OC(C)(C)CSCCC(F)(F)F. The third-order valence-corrected chi connectivity index (χ3v) is 2.79. The number of hydrogen-bond donors (Lipinski definition) is 0. The molecule has 0 N–H and O–H groups in total. The Morgan fingerprint density at radius 1 is 1.33 bits per heavy atom. The molecule has 90 valence electrons. The molecule has 15 heavy (non-hydrogen) atoms. The van der Waals surface area contributed by atoms with Gasteiger partial charge in [0.2, 0.25) is 0 Å². The smallest absolute Gasteiger partial charge is 0.389 e. The quantitative estimate of drug-likeness (QED) is 0.549. The molecule has 0 aliphatic carbocycles. The zero-order chi connectivity index (χ0) is 12.1. The first-order chi connectivity index (χ1) is 6.62. The highest BCUT2D eigenvalue weighted by molar-refractivity contribution is 7.99. The maximum Gasteiger partial charge on any atom is 0.389 e. The summed E-state index contributed by atoms with van der Waals surface area (Å²) in [6.07, 6.45) is -4.92. The lowest BCUT2D eigenvalue weighted by molar-refractivity contribution is -0.151. The van der Waals surface area contributed by atoms with Crippen LogP contribution in [0.15, 0.2) is 0 Å². The molecule has 0 radical (unpaired) electrons. The van der Waals surface area contributed by atoms with Gasteiger partial charge in [-0.05, 0) is 13.8 Å². The minimum Gasteiger partial charge on any atom is -0.459 e. The van der Waals surface area contributed by atoms with Crippen LogP contribution >= 0.6 is 11.8 Å². The molecule has 0 rings (SSSR count). The zero-order valence-electron chi connectivity index (χ0n) is 8.98. The van der Waals surface area contributed by atoms with E-state index in [1.165, 1.54) is 6.92 Å². The van der Waals surface area contributed by atoms with Crippen LogP contribution in [0.1, 0.15) is 27.2 Å². The first-order valence-corrected chi connectivity index (χ1v) is 5.62. The van der Waals surface area contributed by atoms with Crippen LogP contribution < -0.4 is 0 Å². The molecule has 0 aromatic rings. The van der Waals surface area contributed by atoms with Gasteiger partial charge in [-0.15, -0.1) is 0 Å². The fourth-order valence-corrected chi connectivity index (χ4v) is 2.00. The molecular formula is C9H15F3O2S. The first-order valence-electron chi connectivity index (χ1n) is 4.46. The van der Waals surface area contributed by atoms with Crippen molar-refractivity contribution in [3.05, 3.63) is 0 Å². The minimum atomic E-state index is -4.11. The monoisotopic (exact) mass is 244 g/mol. The van der Waals surface area contributed by atoms with Gasteiger partial charge in [0.25, 0.3) is 0 Å². The molecule has 0 aliphatic rings. The number of rotatable bonds is 5. The Balaban J connectivity index is 3.71. The van der Waals surface area contributed by atoms with E-state index in [1.807, 2.05) is 0 Å². The van der Waals surface area contributed by atoms with Gasteiger partial charge in [-0.3, -0.25) is 4.79 Å². The summed E-state index contributed by atoms with van der Waals surface area (Å²) in [7, 11) is 0. The summed E-state index contributed by atoms with van der Waals surface area (Å²) in [5.74, 6) is -0.0620. The summed E-state index contributed by atoms with van der Waals surface area (Å²) in [5, 5.41) is 0. The highest BCUT2D eigenvalue weighted by Gasteiger charge is 2.27. The van der Waals surface area contributed by atoms with Crippen molar-refractivity contribution in [3.63, 3.8) is 0 Å². The molecule has 6 heteroatoms. The molecule has 0 atom stereocenters. The van der Waals surface area contributed by atoms with E-state index in [1.54, 1.807) is 13.8 Å². The molecule has 0 heterocycles. The van der Waals surface area contributed by atoms with Crippen LogP contribution in [0.3, 0.4) is 0 Å². The van der Waals surface area contributed by atoms with Crippen LogP contribution in [0.2, 0.25) is 0 Å². The molecule has 0 saturated carbocycles. The Hall–Kier alpha value is -0.390. The normalized spacial score (nSPS) is 12.7. The predicted molar refractivity (Wildman–Crippen MR) is 53.8 cm³/mol. The summed E-state index contributed by atoms with van der Waals surface area (Å²) in [5.41, 5.74) is -0.706. The van der Waals surface area contributed by atoms with Crippen molar-refractivity contribution in [2.45, 2.75) is 39.0 Å². The molecular weight excluding hydrogens is 229 g/mol. The van der Waals surface area contributed by atoms with Crippen molar-refractivity contribution in [1.29, 1.82) is 0 Å². The van der Waals surface area contributed by atoms with Crippen LogP contribution in [0.25, 0.3) is 0 Å². The maximum atomic E-state index is 11.8. The summed E-state index contributed by atoms with van der Waals surface area (Å²) in [6, 6.07) is 0. The maximum absolute atomic E-state index is 11.8. The van der Waals surface area contributed by atoms with Gasteiger partial charge < -0.3 is 4.74 Å². The van der Waals surface area contributed by atoms with E-state index in [0.717, 1.165) is 11.8 Å². The molecule has 0 saturated heterocycles. The van der Waals surface area contributed by atoms with E-state index in [-0.39, 0.29) is 5.75 Å². The molecule has 0 aromatic heterocycles. The minimum absolute atomic E-state index is 0.00576. The number of ether oxygens (including phenoxy) is 1. The molecule has 0 aromatic carbocycles. The van der Waals surface area contributed by atoms with E-state index in [0.29, 0.717) is 5.75 Å². The van der Waals surface area contributed by atoms with E-state index < -0.39 is 24.2 Å². The Kier molecular flexibility index (Phi) is 5.48. The van der Waals surface area contributed by atoms with Gasteiger partial charge in [0, 0.05) is 18.4 Å². The Bertz CT molecular complexity index is 214. The van der Waals surface area contributed by atoms with Gasteiger partial charge in [-0.1, -0.05) is 0 Å². The Morgan fingerprint density at radius 2 is 1.87 bits per heavy atom. The van der Waals surface area contributed by atoms with Crippen molar-refractivity contribution in [2.24, 2.45) is 0 Å². The Morgan fingerprint density at radius 3 is 2.27 bits per heavy atom. The van der Waals surface area contributed by atoms with Gasteiger partial charge in [-0.25, -0.2) is 0 Å². The molecule has 0 aliphatic heterocycles. The number of hydrogen-bond acceptors (Lipinski definition) is 3. The highest BCUT2D eigenvalue weighted by Crippen LogP contribution is 2.24. The lowest BCUT2D eigenvalue weighted by atomic mass is 10.2. The first kappa shape index (κ1) is 14.6. The van der Waals surface area contributed by atoms with Crippen LogP contribution in [-0.4, -0.2) is 29.3 Å². The lowest BCUT2D eigenvalue weighted by Gasteiger charge is -2.23. The molecule has 0 bridgehead atoms. The topological polar surface area (TPSA) is 26.3 Å². The van der Waals surface area contributed by atoms with E-state index in [4.69, 9.17) is 4.74 Å². The van der Waals surface area contributed by atoms with Crippen LogP contribution in [0.4, 0.5) is 13.2 Å². The third kappa shape index (κ3) is 9.90. The van der Waals surface area contributed by atoms with Gasteiger partial charge >= 0.3 is 12.1 Å². The fraction of sp³-hybridized carbons (Fsp3) is 0.889. The standard InChI is InChI=1S/C9H15F3O2S/c1-7(13)14-8(2,3)6-15-5-4-9(10,11)12/h4-6H2,1-3H3. The molecule has 0 spiro atoms. The van der Waals surface area contributed by atoms with Crippen molar-refractivity contribution < 1.29 is 22.7 Å². The largest absolute Gasteiger partial charge is 0.459 e. The number of thioether (sulfide) groups is 1. The average molecular weight is 244 g/mol. The second-order valence-electron chi connectivity index (χ2n) is 3.77. The average Bonchev–Trinajstić information content (AvgIpc) is 1.93. The number of carbonyl (C=O) groups is 1. The third-order valence-electron chi connectivity index (χ3n) is 1.40. The van der Waals surface area contributed by atoms with Crippen LogP contribution in [0.5, 0.6) is 0 Å². The number of alkyl halides is 3.